The van der Waals surface area contributed by atoms with Crippen LogP contribution in [0.1, 0.15) is 26.4 Å². The maximum Gasteiger partial charge on any atom is 0.335 e. The van der Waals surface area contributed by atoms with E-state index in [-0.39, 0.29) is 11.3 Å². The Morgan fingerprint density at radius 3 is 2.63 bits per heavy atom. The first kappa shape index (κ1) is 12.6. The molecule has 1 heterocycles. The van der Waals surface area contributed by atoms with Gasteiger partial charge in [-0.2, -0.15) is 0 Å². The van der Waals surface area contributed by atoms with Gasteiger partial charge in [-0.15, -0.1) is 0 Å². The zero-order chi connectivity index (χ0) is 14.0. The highest BCUT2D eigenvalue weighted by Gasteiger charge is 2.11. The summed E-state index contributed by atoms with van der Waals surface area (Å²) in [6.45, 7) is 1.74. The van der Waals surface area contributed by atoms with Gasteiger partial charge in [0, 0.05) is 11.9 Å². The molecule has 0 saturated heterocycles. The minimum Gasteiger partial charge on any atom is -0.478 e. The van der Waals surface area contributed by atoms with E-state index in [2.05, 4.69) is 15.3 Å². The number of benzene rings is 1. The molecular formula is C12H11N3O4. The molecule has 1 amide bonds. The fourth-order valence-electron chi connectivity index (χ4n) is 1.53. The van der Waals surface area contributed by atoms with Crippen molar-refractivity contribution in [3.05, 3.63) is 51.7 Å². The lowest BCUT2D eigenvalue weighted by atomic mass is 10.1. The van der Waals surface area contributed by atoms with Crippen molar-refractivity contribution in [2.45, 2.75) is 6.92 Å². The summed E-state index contributed by atoms with van der Waals surface area (Å²) < 4.78 is 0. The Morgan fingerprint density at radius 1 is 1.32 bits per heavy atom. The Balaban J connectivity index is 2.28. The molecule has 2 rings (SSSR count). The van der Waals surface area contributed by atoms with Crippen LogP contribution in [-0.4, -0.2) is 27.0 Å². The number of aryl methyl sites for hydroxylation is 1. The van der Waals surface area contributed by atoms with Crippen LogP contribution in [0.2, 0.25) is 0 Å². The van der Waals surface area contributed by atoms with Crippen LogP contribution in [0.5, 0.6) is 0 Å². The van der Waals surface area contributed by atoms with E-state index in [1.807, 2.05) is 0 Å². The fourth-order valence-corrected chi connectivity index (χ4v) is 1.53. The van der Waals surface area contributed by atoms with Crippen LogP contribution < -0.4 is 11.0 Å². The third-order valence-corrected chi connectivity index (χ3v) is 2.57. The Bertz CT molecular complexity index is 699. The van der Waals surface area contributed by atoms with Gasteiger partial charge in [-0.3, -0.25) is 4.79 Å². The van der Waals surface area contributed by atoms with Gasteiger partial charge in [-0.25, -0.2) is 9.59 Å². The van der Waals surface area contributed by atoms with Crippen molar-refractivity contribution in [1.29, 1.82) is 0 Å². The monoisotopic (exact) mass is 261 g/mol. The zero-order valence-corrected chi connectivity index (χ0v) is 9.98. The van der Waals surface area contributed by atoms with Crippen molar-refractivity contribution in [2.24, 2.45) is 0 Å². The molecule has 2 aromatic rings. The molecule has 0 saturated carbocycles. The highest BCUT2D eigenvalue weighted by Crippen LogP contribution is 2.17. The molecule has 19 heavy (non-hydrogen) atoms. The predicted octanol–water partition coefficient (Wildman–Crippen LogP) is 0.962. The van der Waals surface area contributed by atoms with Gasteiger partial charge in [-0.1, -0.05) is 6.07 Å². The molecule has 7 nitrogen and oxygen atoms in total. The summed E-state index contributed by atoms with van der Waals surface area (Å²) >= 11 is 0. The molecule has 0 radical (unpaired) electrons. The van der Waals surface area contributed by atoms with Crippen LogP contribution in [0.15, 0.2) is 29.2 Å². The standard InChI is InChI=1S/C12H11N3O4/c1-6-2-3-7(11(17)18)4-8(6)14-10(16)9-5-13-12(19)15-9/h2-5H,1H3,(H,14,16)(H,17,18)(H2,13,15,19). The van der Waals surface area contributed by atoms with Gasteiger partial charge >= 0.3 is 11.7 Å². The van der Waals surface area contributed by atoms with Gasteiger partial charge in [0.1, 0.15) is 5.69 Å². The van der Waals surface area contributed by atoms with Gasteiger partial charge in [0.05, 0.1) is 5.56 Å². The highest BCUT2D eigenvalue weighted by molar-refractivity contribution is 6.03. The second kappa shape index (κ2) is 4.81. The van der Waals surface area contributed by atoms with Crippen molar-refractivity contribution in [2.75, 3.05) is 5.32 Å². The number of hydrogen-bond acceptors (Lipinski definition) is 3. The van der Waals surface area contributed by atoms with E-state index in [1.54, 1.807) is 13.0 Å². The van der Waals surface area contributed by atoms with Crippen LogP contribution in [0, 0.1) is 6.92 Å². The predicted molar refractivity (Wildman–Crippen MR) is 67.5 cm³/mol. The van der Waals surface area contributed by atoms with Crippen molar-refractivity contribution in [3.63, 3.8) is 0 Å². The van der Waals surface area contributed by atoms with E-state index in [9.17, 15) is 14.4 Å². The number of carbonyl (C=O) groups is 2. The van der Waals surface area contributed by atoms with Gasteiger partial charge in [-0.05, 0) is 24.6 Å². The summed E-state index contributed by atoms with van der Waals surface area (Å²) in [5.41, 5.74) is 0.762. The Hall–Kier alpha value is -2.83. The molecule has 0 atom stereocenters. The smallest absolute Gasteiger partial charge is 0.335 e. The number of nitrogens with one attached hydrogen (secondary N) is 3. The van der Waals surface area contributed by atoms with Crippen LogP contribution in [-0.2, 0) is 0 Å². The Morgan fingerprint density at radius 2 is 2.05 bits per heavy atom. The summed E-state index contributed by atoms with van der Waals surface area (Å²) in [7, 11) is 0. The molecule has 0 spiro atoms. The molecular weight excluding hydrogens is 250 g/mol. The average molecular weight is 261 g/mol. The molecule has 0 aliphatic rings. The molecule has 98 valence electrons. The minimum absolute atomic E-state index is 0.0727. The normalized spacial score (nSPS) is 10.2. The molecule has 0 aliphatic carbocycles. The van der Waals surface area contributed by atoms with Crippen molar-refractivity contribution >= 4 is 17.6 Å². The number of aromatic nitrogens is 2. The lowest BCUT2D eigenvalue weighted by molar-refractivity contribution is 0.0696. The van der Waals surface area contributed by atoms with Crippen molar-refractivity contribution in [3.8, 4) is 0 Å². The quantitative estimate of drug-likeness (QED) is 0.658. The van der Waals surface area contributed by atoms with Gasteiger partial charge in [0.2, 0.25) is 0 Å². The summed E-state index contributed by atoms with van der Waals surface area (Å²) in [5, 5.41) is 11.4. The molecule has 0 fully saturated rings. The van der Waals surface area contributed by atoms with Gasteiger partial charge in [0.15, 0.2) is 0 Å². The maximum absolute atomic E-state index is 11.8. The number of H-pyrrole nitrogens is 2. The number of imidazole rings is 1. The minimum atomic E-state index is -1.08. The summed E-state index contributed by atoms with van der Waals surface area (Å²) in [4.78, 5) is 38.2. The first-order valence-corrected chi connectivity index (χ1v) is 5.40. The number of rotatable bonds is 3. The zero-order valence-electron chi connectivity index (χ0n) is 9.98. The molecule has 4 N–H and O–H groups in total. The number of anilines is 1. The van der Waals surface area contributed by atoms with E-state index >= 15 is 0 Å². The molecule has 1 aromatic heterocycles. The number of carboxylic acid groups (broad SMARTS) is 1. The number of aromatic amines is 2. The lowest BCUT2D eigenvalue weighted by Crippen LogP contribution is -2.15. The second-order valence-corrected chi connectivity index (χ2v) is 3.95. The topological polar surface area (TPSA) is 115 Å². The van der Waals surface area contributed by atoms with Gasteiger partial charge in [0.25, 0.3) is 5.91 Å². The Labute approximate surface area is 107 Å². The number of aromatic carboxylic acids is 1. The lowest BCUT2D eigenvalue weighted by Gasteiger charge is -2.08. The molecule has 0 aliphatic heterocycles. The first-order valence-electron chi connectivity index (χ1n) is 5.40. The van der Waals surface area contributed by atoms with Crippen molar-refractivity contribution < 1.29 is 14.7 Å². The van der Waals surface area contributed by atoms with E-state index in [4.69, 9.17) is 5.11 Å². The second-order valence-electron chi connectivity index (χ2n) is 3.95. The number of amides is 1. The largest absolute Gasteiger partial charge is 0.478 e. The van der Waals surface area contributed by atoms with Crippen LogP contribution in [0.4, 0.5) is 5.69 Å². The van der Waals surface area contributed by atoms with Gasteiger partial charge < -0.3 is 20.4 Å². The SMILES string of the molecule is Cc1ccc(C(=O)O)cc1NC(=O)c1c[nH]c(=O)[nH]1. The molecule has 1 aromatic carbocycles. The average Bonchev–Trinajstić information content (AvgIpc) is 2.78. The third kappa shape index (κ3) is 2.71. The molecule has 0 bridgehead atoms. The van der Waals surface area contributed by atoms with Crippen LogP contribution in [0.3, 0.4) is 0 Å². The highest BCUT2D eigenvalue weighted by atomic mass is 16.4. The Kier molecular flexibility index (Phi) is 3.19. The summed E-state index contributed by atoms with van der Waals surface area (Å²) in [6.07, 6.45) is 1.24. The molecule has 0 unspecified atom stereocenters. The van der Waals surface area contributed by atoms with Crippen molar-refractivity contribution in [1.82, 2.24) is 9.97 Å². The molecule has 7 heteroatoms. The number of carboxylic acids is 1. The van der Waals surface area contributed by atoms with E-state index in [0.717, 1.165) is 5.56 Å². The van der Waals surface area contributed by atoms with E-state index in [1.165, 1.54) is 18.3 Å². The summed E-state index contributed by atoms with van der Waals surface area (Å²) in [5.74, 6) is -1.60. The first-order chi connectivity index (χ1) is 8.97. The third-order valence-electron chi connectivity index (χ3n) is 2.57. The maximum atomic E-state index is 11.8. The summed E-state index contributed by atoms with van der Waals surface area (Å²) in [6, 6.07) is 4.41. The van der Waals surface area contributed by atoms with Crippen LogP contribution in [0.25, 0.3) is 0 Å². The van der Waals surface area contributed by atoms with E-state index in [0.29, 0.717) is 5.69 Å². The fraction of sp³-hybridized carbons (Fsp3) is 0.0833. The number of carbonyl (C=O) groups excluding carboxylic acids is 1. The van der Waals surface area contributed by atoms with E-state index < -0.39 is 17.6 Å². The number of hydrogen-bond donors (Lipinski definition) is 4. The van der Waals surface area contributed by atoms with Crippen LogP contribution >= 0.6 is 0 Å².